The van der Waals surface area contributed by atoms with Crippen LogP contribution in [0.5, 0.6) is 0 Å². The van der Waals surface area contributed by atoms with Crippen LogP contribution in [0.3, 0.4) is 0 Å². The first kappa shape index (κ1) is 13.2. The van der Waals surface area contributed by atoms with E-state index in [0.29, 0.717) is 18.5 Å². The molecule has 0 aromatic carbocycles. The van der Waals surface area contributed by atoms with Crippen molar-refractivity contribution in [2.75, 3.05) is 13.2 Å². The first-order valence-corrected chi connectivity index (χ1v) is 4.58. The third-order valence-corrected chi connectivity index (χ3v) is 1.48. The monoisotopic (exact) mass is 198 g/mol. The van der Waals surface area contributed by atoms with E-state index in [0.717, 1.165) is 0 Å². The van der Waals surface area contributed by atoms with E-state index < -0.39 is 0 Å². The lowest BCUT2D eigenvalue weighted by Gasteiger charge is -2.13. The molecule has 4 nitrogen and oxygen atoms in total. The van der Waals surface area contributed by atoms with E-state index in [-0.39, 0.29) is 18.6 Å². The van der Waals surface area contributed by atoms with Gasteiger partial charge in [0.1, 0.15) is 0 Å². The Balaban J connectivity index is 3.50. The fourth-order valence-corrected chi connectivity index (χ4v) is 0.737. The molecule has 14 heavy (non-hydrogen) atoms. The summed E-state index contributed by atoms with van der Waals surface area (Å²) in [6.45, 7) is 7.50. The summed E-state index contributed by atoms with van der Waals surface area (Å²) in [6.07, 6.45) is 0.501. The number of aliphatic hydroxyl groups excluding tert-OH is 1. The van der Waals surface area contributed by atoms with Gasteiger partial charge in [0.2, 0.25) is 5.91 Å². The van der Waals surface area contributed by atoms with Crippen molar-refractivity contribution in [3.8, 4) is 0 Å². The van der Waals surface area contributed by atoms with Crippen LogP contribution < -0.4 is 5.32 Å². The van der Waals surface area contributed by atoms with Crippen molar-refractivity contribution >= 4 is 13.4 Å². The van der Waals surface area contributed by atoms with Crippen LogP contribution in [-0.2, 0) is 9.45 Å². The van der Waals surface area contributed by atoms with Crippen LogP contribution in [0, 0.1) is 0 Å². The van der Waals surface area contributed by atoms with Gasteiger partial charge >= 0.3 is 0 Å². The molecule has 0 aliphatic rings. The summed E-state index contributed by atoms with van der Waals surface area (Å²) >= 11 is 0. The molecule has 2 N–H and O–H groups in total. The van der Waals surface area contributed by atoms with E-state index in [1.807, 2.05) is 6.92 Å². The van der Waals surface area contributed by atoms with Crippen molar-refractivity contribution in [1.29, 1.82) is 0 Å². The zero-order chi connectivity index (χ0) is 11.0. The maximum Gasteiger partial charge on any atom is 0.294 e. The molecule has 79 valence electrons. The minimum atomic E-state index is -0.164. The van der Waals surface area contributed by atoms with Gasteiger partial charge in [-0.3, -0.25) is 4.79 Å². The molecule has 0 aromatic heterocycles. The number of amides is 1. The van der Waals surface area contributed by atoms with Gasteiger partial charge in [0.25, 0.3) is 7.48 Å². The maximum atomic E-state index is 11.1. The van der Waals surface area contributed by atoms with Crippen LogP contribution in [0.1, 0.15) is 13.8 Å². The third-order valence-electron chi connectivity index (χ3n) is 1.48. The standard InChI is InChI=1S/C9H17BNO3/c1-7(2)9(13)11-8(3)6-14-10-4-5-12/h8,12H,1,4-6H2,2-3H3,(H,11,13). The number of rotatable bonds is 7. The van der Waals surface area contributed by atoms with Crippen molar-refractivity contribution in [2.24, 2.45) is 0 Å². The Morgan fingerprint density at radius 1 is 1.71 bits per heavy atom. The van der Waals surface area contributed by atoms with Crippen molar-refractivity contribution in [2.45, 2.75) is 26.2 Å². The first-order chi connectivity index (χ1) is 6.57. The van der Waals surface area contributed by atoms with Crippen LogP contribution in [-0.4, -0.2) is 37.8 Å². The lowest BCUT2D eigenvalue weighted by Crippen LogP contribution is -2.36. The highest BCUT2D eigenvalue weighted by molar-refractivity contribution is 6.27. The minimum Gasteiger partial charge on any atom is -0.438 e. The third kappa shape index (κ3) is 6.68. The highest BCUT2D eigenvalue weighted by Crippen LogP contribution is 1.90. The van der Waals surface area contributed by atoms with Gasteiger partial charge in [-0.15, -0.1) is 0 Å². The molecule has 5 heteroatoms. The lowest BCUT2D eigenvalue weighted by atomic mass is 9.96. The maximum absolute atomic E-state index is 11.1. The normalized spacial score (nSPS) is 11.9. The summed E-state index contributed by atoms with van der Waals surface area (Å²) in [7, 11) is 1.53. The largest absolute Gasteiger partial charge is 0.438 e. The number of hydrogen-bond donors (Lipinski definition) is 2. The van der Waals surface area contributed by atoms with Crippen LogP contribution in [0.25, 0.3) is 0 Å². The molecule has 0 aliphatic carbocycles. The average Bonchev–Trinajstić information content (AvgIpc) is 2.12. The van der Waals surface area contributed by atoms with Crippen molar-refractivity contribution in [3.05, 3.63) is 12.2 Å². The number of hydrogen-bond acceptors (Lipinski definition) is 3. The topological polar surface area (TPSA) is 58.6 Å². The molecule has 0 saturated carbocycles. The van der Waals surface area contributed by atoms with Crippen LogP contribution in [0.2, 0.25) is 6.32 Å². The average molecular weight is 198 g/mol. The highest BCUT2D eigenvalue weighted by atomic mass is 16.4. The molecule has 0 bridgehead atoms. The van der Waals surface area contributed by atoms with Crippen LogP contribution in [0.4, 0.5) is 0 Å². The SMILES string of the molecule is C=C(C)C(=O)NC(C)CO[B]CCO. The van der Waals surface area contributed by atoms with Gasteiger partial charge in [0, 0.05) is 24.8 Å². The van der Waals surface area contributed by atoms with Crippen molar-refractivity contribution < 1.29 is 14.6 Å². The zero-order valence-electron chi connectivity index (χ0n) is 8.75. The second-order valence-corrected chi connectivity index (χ2v) is 3.17. The van der Waals surface area contributed by atoms with Gasteiger partial charge in [0.05, 0.1) is 0 Å². The second-order valence-electron chi connectivity index (χ2n) is 3.17. The Kier molecular flexibility index (Phi) is 7.15. The molecular weight excluding hydrogens is 181 g/mol. The van der Waals surface area contributed by atoms with E-state index in [2.05, 4.69) is 11.9 Å². The Hall–Kier alpha value is -0.805. The molecule has 1 amide bonds. The molecule has 0 rings (SSSR count). The minimum absolute atomic E-state index is 0.0610. The predicted molar refractivity (Wildman–Crippen MR) is 56.0 cm³/mol. The highest BCUT2D eigenvalue weighted by Gasteiger charge is 2.07. The number of aliphatic hydroxyl groups is 1. The molecule has 1 atom stereocenters. The van der Waals surface area contributed by atoms with Crippen molar-refractivity contribution in [3.63, 3.8) is 0 Å². The van der Waals surface area contributed by atoms with Gasteiger partial charge in [-0.25, -0.2) is 0 Å². The van der Waals surface area contributed by atoms with E-state index >= 15 is 0 Å². The fraction of sp³-hybridized carbons (Fsp3) is 0.667. The number of carbonyl (C=O) groups excluding carboxylic acids is 1. The number of carbonyl (C=O) groups is 1. The van der Waals surface area contributed by atoms with Crippen LogP contribution in [0.15, 0.2) is 12.2 Å². The van der Waals surface area contributed by atoms with E-state index in [9.17, 15) is 4.79 Å². The van der Waals surface area contributed by atoms with Gasteiger partial charge in [-0.05, 0) is 20.2 Å². The molecule has 0 heterocycles. The zero-order valence-corrected chi connectivity index (χ0v) is 8.75. The van der Waals surface area contributed by atoms with Gasteiger partial charge in [0.15, 0.2) is 0 Å². The molecule has 0 spiro atoms. The fourth-order valence-electron chi connectivity index (χ4n) is 0.737. The van der Waals surface area contributed by atoms with Gasteiger partial charge in [-0.1, -0.05) is 6.58 Å². The molecule has 1 unspecified atom stereocenters. The second kappa shape index (κ2) is 7.59. The van der Waals surface area contributed by atoms with E-state index in [1.54, 1.807) is 6.92 Å². The van der Waals surface area contributed by atoms with Gasteiger partial charge < -0.3 is 15.1 Å². The summed E-state index contributed by atoms with van der Waals surface area (Å²) in [5.74, 6) is -0.164. The summed E-state index contributed by atoms with van der Waals surface area (Å²) in [4.78, 5) is 11.1. The smallest absolute Gasteiger partial charge is 0.294 e. The molecule has 0 aliphatic heterocycles. The predicted octanol–water partition coefficient (Wildman–Crippen LogP) is 0.114. The molecule has 1 radical (unpaired) electrons. The molecule has 0 saturated heterocycles. The summed E-state index contributed by atoms with van der Waals surface area (Å²) in [6, 6.07) is -0.0610. The first-order valence-electron chi connectivity index (χ1n) is 4.58. The number of nitrogens with one attached hydrogen (secondary N) is 1. The Bertz CT molecular complexity index is 196. The Morgan fingerprint density at radius 2 is 2.36 bits per heavy atom. The van der Waals surface area contributed by atoms with E-state index in [4.69, 9.17) is 9.76 Å². The van der Waals surface area contributed by atoms with Crippen molar-refractivity contribution in [1.82, 2.24) is 5.32 Å². The van der Waals surface area contributed by atoms with E-state index in [1.165, 1.54) is 7.48 Å². The van der Waals surface area contributed by atoms with Gasteiger partial charge in [-0.2, -0.15) is 0 Å². The lowest BCUT2D eigenvalue weighted by molar-refractivity contribution is -0.118. The summed E-state index contributed by atoms with van der Waals surface area (Å²) < 4.78 is 5.09. The Morgan fingerprint density at radius 3 is 2.86 bits per heavy atom. The summed E-state index contributed by atoms with van der Waals surface area (Å²) in [5.41, 5.74) is 0.483. The Labute approximate surface area is 85.6 Å². The van der Waals surface area contributed by atoms with Crippen LogP contribution >= 0.6 is 0 Å². The molecular formula is C9H17BNO3. The molecule has 0 aromatic rings. The molecule has 0 fully saturated rings. The quantitative estimate of drug-likeness (QED) is 0.347. The summed E-state index contributed by atoms with van der Waals surface area (Å²) in [5, 5.41) is 11.2.